The predicted octanol–water partition coefficient (Wildman–Crippen LogP) is 6.26. The zero-order valence-electron chi connectivity index (χ0n) is 19.1. The summed E-state index contributed by atoms with van der Waals surface area (Å²) in [6.45, 7) is 0.466. The normalized spacial score (nSPS) is 15.0. The third-order valence-corrected chi connectivity index (χ3v) is 6.61. The van der Waals surface area contributed by atoms with Crippen LogP contribution in [0.15, 0.2) is 89.5 Å². The largest absolute Gasteiger partial charge is 0.478 e. The topological polar surface area (TPSA) is 84.5 Å². The first-order chi connectivity index (χ1) is 17.5. The first-order valence-electron chi connectivity index (χ1n) is 11.6. The standard InChI is InChI=1S/C29H21FN2O4/c30-18-6-3-5-17(13-18)15-32-16-22-21(14-27(33)31-23-9-4-10-24(32)28(22)23)26-12-11-25(36-26)19-7-1-2-8-20(19)29(34)35/h1-13,16,21H,14-15H2,(H,31,33)(H,34,35)/t21-/m1/s1. The Morgan fingerprint density at radius 3 is 2.72 bits per heavy atom. The van der Waals surface area contributed by atoms with Gasteiger partial charge in [0.05, 0.1) is 22.7 Å². The maximum Gasteiger partial charge on any atom is 0.336 e. The Kier molecular flexibility index (Phi) is 5.18. The van der Waals surface area contributed by atoms with Gasteiger partial charge in [-0.05, 0) is 53.6 Å². The number of carboxylic acids is 1. The van der Waals surface area contributed by atoms with Crippen LogP contribution in [0.3, 0.4) is 0 Å². The summed E-state index contributed by atoms with van der Waals surface area (Å²) in [5.41, 5.74) is 4.00. The van der Waals surface area contributed by atoms with Crippen LogP contribution in [0.4, 0.5) is 10.1 Å². The Bertz CT molecular complexity index is 1650. The smallest absolute Gasteiger partial charge is 0.336 e. The van der Waals surface area contributed by atoms with Gasteiger partial charge in [0.1, 0.15) is 17.3 Å². The van der Waals surface area contributed by atoms with Crippen molar-refractivity contribution in [3.63, 3.8) is 0 Å². The molecule has 0 radical (unpaired) electrons. The monoisotopic (exact) mass is 480 g/mol. The van der Waals surface area contributed by atoms with Crippen molar-refractivity contribution in [1.29, 1.82) is 0 Å². The second-order valence-corrected chi connectivity index (χ2v) is 8.90. The molecule has 0 aliphatic carbocycles. The van der Waals surface area contributed by atoms with Crippen molar-refractivity contribution in [2.75, 3.05) is 5.32 Å². The zero-order valence-corrected chi connectivity index (χ0v) is 19.1. The molecule has 0 unspecified atom stereocenters. The Hall–Kier alpha value is -4.65. The molecule has 3 aromatic carbocycles. The van der Waals surface area contributed by atoms with Crippen molar-refractivity contribution in [2.45, 2.75) is 18.9 Å². The molecule has 1 aliphatic rings. The highest BCUT2D eigenvalue weighted by atomic mass is 19.1. The molecule has 178 valence electrons. The van der Waals surface area contributed by atoms with Gasteiger partial charge in [-0.2, -0.15) is 0 Å². The average Bonchev–Trinajstić information content (AvgIpc) is 3.45. The second kappa shape index (κ2) is 8.53. The third kappa shape index (κ3) is 3.75. The number of benzene rings is 3. The number of hydrogen-bond donors (Lipinski definition) is 2. The van der Waals surface area contributed by atoms with Gasteiger partial charge in [0, 0.05) is 30.1 Å². The minimum Gasteiger partial charge on any atom is -0.478 e. The van der Waals surface area contributed by atoms with E-state index in [9.17, 15) is 19.1 Å². The van der Waals surface area contributed by atoms with E-state index in [1.807, 2.05) is 30.5 Å². The first-order valence-corrected chi connectivity index (χ1v) is 11.6. The molecule has 0 spiro atoms. The Labute approximate surface area is 205 Å². The van der Waals surface area contributed by atoms with Crippen LogP contribution in [0, 0.1) is 5.82 Å². The Morgan fingerprint density at radius 1 is 1.06 bits per heavy atom. The van der Waals surface area contributed by atoms with E-state index in [1.54, 1.807) is 36.4 Å². The van der Waals surface area contributed by atoms with Crippen LogP contribution >= 0.6 is 0 Å². The first kappa shape index (κ1) is 21.9. The van der Waals surface area contributed by atoms with Crippen molar-refractivity contribution < 1.29 is 23.5 Å². The van der Waals surface area contributed by atoms with Gasteiger partial charge in [-0.25, -0.2) is 9.18 Å². The van der Waals surface area contributed by atoms with E-state index < -0.39 is 5.97 Å². The molecule has 7 heteroatoms. The maximum absolute atomic E-state index is 13.8. The fourth-order valence-electron chi connectivity index (χ4n) is 5.04. The number of rotatable bonds is 5. The van der Waals surface area contributed by atoms with E-state index in [4.69, 9.17) is 4.42 Å². The van der Waals surface area contributed by atoms with Crippen LogP contribution in [0.1, 0.15) is 39.6 Å². The summed E-state index contributed by atoms with van der Waals surface area (Å²) in [5, 5.41) is 13.5. The molecule has 3 heterocycles. The summed E-state index contributed by atoms with van der Waals surface area (Å²) < 4.78 is 22.1. The molecule has 2 N–H and O–H groups in total. The SMILES string of the molecule is O=C1C[C@@H](c2ccc(-c3ccccc3C(=O)O)o2)c2cn(Cc3cccc(F)c3)c3cccc(c23)N1. The fourth-order valence-corrected chi connectivity index (χ4v) is 5.04. The van der Waals surface area contributed by atoms with E-state index in [-0.39, 0.29) is 29.6 Å². The van der Waals surface area contributed by atoms with Crippen molar-refractivity contribution in [3.05, 3.63) is 113 Å². The number of aromatic nitrogens is 1. The van der Waals surface area contributed by atoms with Gasteiger partial charge in [0.15, 0.2) is 0 Å². The minimum absolute atomic E-state index is 0.135. The molecule has 6 nitrogen and oxygen atoms in total. The number of carboxylic acid groups (broad SMARTS) is 1. The number of hydrogen-bond acceptors (Lipinski definition) is 3. The highest BCUT2D eigenvalue weighted by molar-refractivity contribution is 6.06. The number of anilines is 1. The van der Waals surface area contributed by atoms with E-state index in [1.165, 1.54) is 18.2 Å². The van der Waals surface area contributed by atoms with Crippen LogP contribution in [0.25, 0.3) is 22.2 Å². The Balaban J connectivity index is 1.47. The molecule has 0 saturated heterocycles. The molecule has 0 saturated carbocycles. The second-order valence-electron chi connectivity index (χ2n) is 8.90. The minimum atomic E-state index is -1.04. The van der Waals surface area contributed by atoms with Gasteiger partial charge in [-0.15, -0.1) is 0 Å². The van der Waals surface area contributed by atoms with Gasteiger partial charge in [-0.3, -0.25) is 4.79 Å². The van der Waals surface area contributed by atoms with Crippen molar-refractivity contribution in [1.82, 2.24) is 4.57 Å². The summed E-state index contributed by atoms with van der Waals surface area (Å²) in [5.74, 6) is -0.846. The van der Waals surface area contributed by atoms with Gasteiger partial charge in [0.25, 0.3) is 0 Å². The lowest BCUT2D eigenvalue weighted by atomic mass is 9.93. The summed E-state index contributed by atoms with van der Waals surface area (Å²) >= 11 is 0. The average molecular weight is 480 g/mol. The number of amides is 1. The van der Waals surface area contributed by atoms with Crippen LogP contribution in [0.5, 0.6) is 0 Å². The fraction of sp³-hybridized carbons (Fsp3) is 0.103. The maximum atomic E-state index is 13.8. The molecule has 6 rings (SSSR count). The van der Waals surface area contributed by atoms with Gasteiger partial charge < -0.3 is 19.4 Å². The van der Waals surface area contributed by atoms with Gasteiger partial charge >= 0.3 is 5.97 Å². The highest BCUT2D eigenvalue weighted by Crippen LogP contribution is 2.42. The molecule has 2 aromatic heterocycles. The predicted molar refractivity (Wildman–Crippen MR) is 134 cm³/mol. The lowest BCUT2D eigenvalue weighted by Gasteiger charge is -2.11. The molecule has 1 aliphatic heterocycles. The summed E-state index contributed by atoms with van der Waals surface area (Å²) in [6, 6.07) is 22.4. The van der Waals surface area contributed by atoms with Crippen molar-refractivity contribution >= 4 is 28.5 Å². The molecular weight excluding hydrogens is 459 g/mol. The molecule has 5 aromatic rings. The van der Waals surface area contributed by atoms with Crippen LogP contribution in [0.2, 0.25) is 0 Å². The van der Waals surface area contributed by atoms with Crippen molar-refractivity contribution in [2.24, 2.45) is 0 Å². The van der Waals surface area contributed by atoms with Crippen LogP contribution in [-0.2, 0) is 11.3 Å². The van der Waals surface area contributed by atoms with E-state index in [0.717, 1.165) is 27.7 Å². The number of halogens is 1. The number of furan rings is 1. The number of nitrogens with one attached hydrogen (secondary N) is 1. The highest BCUT2D eigenvalue weighted by Gasteiger charge is 2.30. The zero-order chi connectivity index (χ0) is 24.8. The molecule has 1 amide bonds. The van der Waals surface area contributed by atoms with Gasteiger partial charge in [0.2, 0.25) is 5.91 Å². The van der Waals surface area contributed by atoms with Crippen LogP contribution < -0.4 is 5.32 Å². The third-order valence-electron chi connectivity index (χ3n) is 6.61. The number of nitrogens with zero attached hydrogens (tertiary/aromatic N) is 1. The van der Waals surface area contributed by atoms with E-state index in [2.05, 4.69) is 9.88 Å². The summed E-state index contributed by atoms with van der Waals surface area (Å²) in [6.07, 6.45) is 2.17. The number of carbonyl (C=O) groups excluding carboxylic acids is 1. The molecule has 0 fully saturated rings. The van der Waals surface area contributed by atoms with Gasteiger partial charge in [-0.1, -0.05) is 36.4 Å². The molecule has 36 heavy (non-hydrogen) atoms. The molecule has 0 bridgehead atoms. The number of aromatic carboxylic acids is 1. The quantitative estimate of drug-likeness (QED) is 0.311. The lowest BCUT2D eigenvalue weighted by molar-refractivity contribution is -0.116. The van der Waals surface area contributed by atoms with Crippen molar-refractivity contribution in [3.8, 4) is 11.3 Å². The van der Waals surface area contributed by atoms with E-state index in [0.29, 0.717) is 23.6 Å². The lowest BCUT2D eigenvalue weighted by Crippen LogP contribution is -2.13. The molecular formula is C29H21FN2O4. The summed E-state index contributed by atoms with van der Waals surface area (Å²) in [7, 11) is 0. The number of carbonyl (C=O) groups is 2. The van der Waals surface area contributed by atoms with Crippen LogP contribution in [-0.4, -0.2) is 21.6 Å². The molecule has 1 atom stereocenters. The van der Waals surface area contributed by atoms with E-state index >= 15 is 0 Å². The Morgan fingerprint density at radius 2 is 1.89 bits per heavy atom. The summed E-state index contributed by atoms with van der Waals surface area (Å²) in [4.78, 5) is 24.5.